The zero-order valence-electron chi connectivity index (χ0n) is 18.7. The number of carbonyl (C=O) groups is 1. The van der Waals surface area contributed by atoms with E-state index in [-0.39, 0.29) is 19.0 Å². The van der Waals surface area contributed by atoms with Gasteiger partial charge < -0.3 is 24.7 Å². The quantitative estimate of drug-likeness (QED) is 0.409. The molecule has 2 aromatic carbocycles. The van der Waals surface area contributed by atoms with Gasteiger partial charge in [-0.1, -0.05) is 35.8 Å². The Bertz CT molecular complexity index is 1180. The summed E-state index contributed by atoms with van der Waals surface area (Å²) < 4.78 is 12.5. The fourth-order valence-corrected chi connectivity index (χ4v) is 4.75. The standard InChI is InChI=1S/C25H28BrNO5/c1-24(2)19-12-15(31-13-16(9-10-28)32-25(3,4)30)6-8-17(19)22(29)21-18-7-5-14(26)11-20(18)27-23(21)24/h5-8,11-12,16,27-28,30H,9-10,13H2,1-4H3/t16-/m0/s1. The summed E-state index contributed by atoms with van der Waals surface area (Å²) in [7, 11) is 0. The van der Waals surface area contributed by atoms with Crippen molar-refractivity contribution in [1.82, 2.24) is 4.98 Å². The van der Waals surface area contributed by atoms with Crippen molar-refractivity contribution in [3.63, 3.8) is 0 Å². The number of carbonyl (C=O) groups excluding carboxylic acids is 1. The Morgan fingerprint density at radius 3 is 2.62 bits per heavy atom. The van der Waals surface area contributed by atoms with E-state index < -0.39 is 17.3 Å². The first kappa shape index (κ1) is 23.0. The van der Waals surface area contributed by atoms with E-state index in [2.05, 4.69) is 34.8 Å². The number of benzene rings is 2. The lowest BCUT2D eigenvalue weighted by molar-refractivity contribution is -0.213. The van der Waals surface area contributed by atoms with Crippen LogP contribution in [-0.2, 0) is 10.2 Å². The molecular weight excluding hydrogens is 474 g/mol. The monoisotopic (exact) mass is 501 g/mol. The van der Waals surface area contributed by atoms with Gasteiger partial charge in [0.1, 0.15) is 12.4 Å². The summed E-state index contributed by atoms with van der Waals surface area (Å²) in [6.45, 7) is 7.37. The van der Waals surface area contributed by atoms with Crippen molar-refractivity contribution >= 4 is 32.6 Å². The van der Waals surface area contributed by atoms with Crippen molar-refractivity contribution in [1.29, 1.82) is 0 Å². The maximum absolute atomic E-state index is 13.4. The zero-order chi connectivity index (χ0) is 23.3. The van der Waals surface area contributed by atoms with E-state index in [0.717, 1.165) is 32.2 Å². The number of aliphatic hydroxyl groups is 2. The predicted octanol–water partition coefficient (Wildman–Crippen LogP) is 4.68. The zero-order valence-corrected chi connectivity index (χ0v) is 20.2. The summed E-state index contributed by atoms with van der Waals surface area (Å²) in [5, 5.41) is 20.1. The molecule has 1 atom stereocenters. The minimum atomic E-state index is -1.32. The second kappa shape index (κ2) is 8.30. The van der Waals surface area contributed by atoms with Crippen LogP contribution in [0.15, 0.2) is 40.9 Å². The molecule has 0 unspecified atom stereocenters. The van der Waals surface area contributed by atoms with E-state index in [4.69, 9.17) is 9.47 Å². The normalized spacial score (nSPS) is 16.0. The van der Waals surface area contributed by atoms with Gasteiger partial charge in [-0.3, -0.25) is 4.79 Å². The number of halogens is 1. The van der Waals surface area contributed by atoms with Crippen LogP contribution < -0.4 is 4.74 Å². The van der Waals surface area contributed by atoms with Crippen LogP contribution >= 0.6 is 15.9 Å². The van der Waals surface area contributed by atoms with Crippen molar-refractivity contribution in [3.8, 4) is 5.75 Å². The Balaban J connectivity index is 1.67. The third-order valence-electron chi connectivity index (χ3n) is 5.86. The molecule has 0 saturated heterocycles. The van der Waals surface area contributed by atoms with Gasteiger partial charge in [-0.25, -0.2) is 0 Å². The molecule has 7 heteroatoms. The number of rotatable bonds is 7. The number of aromatic nitrogens is 1. The molecule has 0 fully saturated rings. The molecule has 3 aromatic rings. The van der Waals surface area contributed by atoms with Gasteiger partial charge in [0.15, 0.2) is 11.6 Å². The fraction of sp³-hybridized carbons (Fsp3) is 0.400. The summed E-state index contributed by atoms with van der Waals surface area (Å²) in [5.41, 5.74) is 3.66. The van der Waals surface area contributed by atoms with Gasteiger partial charge in [0.05, 0.1) is 11.7 Å². The average molecular weight is 502 g/mol. The number of ketones is 1. The molecule has 170 valence electrons. The lowest BCUT2D eigenvalue weighted by Gasteiger charge is -2.32. The summed E-state index contributed by atoms with van der Waals surface area (Å²) in [6.07, 6.45) is -0.128. The molecule has 1 aliphatic rings. The molecule has 0 bridgehead atoms. The van der Waals surface area contributed by atoms with E-state index in [1.165, 1.54) is 0 Å². The molecule has 6 nitrogen and oxygen atoms in total. The van der Waals surface area contributed by atoms with Crippen LogP contribution in [0.3, 0.4) is 0 Å². The van der Waals surface area contributed by atoms with Gasteiger partial charge in [0.2, 0.25) is 0 Å². The molecule has 4 rings (SSSR count). The van der Waals surface area contributed by atoms with Crippen LogP contribution in [0.25, 0.3) is 10.9 Å². The highest BCUT2D eigenvalue weighted by molar-refractivity contribution is 9.10. The second-order valence-corrected chi connectivity index (χ2v) is 10.2. The number of ether oxygens (including phenoxy) is 2. The van der Waals surface area contributed by atoms with Crippen molar-refractivity contribution in [2.45, 2.75) is 51.4 Å². The first-order chi connectivity index (χ1) is 15.0. The van der Waals surface area contributed by atoms with Crippen molar-refractivity contribution in [3.05, 3.63) is 63.3 Å². The molecule has 32 heavy (non-hydrogen) atoms. The summed E-state index contributed by atoms with van der Waals surface area (Å²) in [4.78, 5) is 16.9. The number of aliphatic hydroxyl groups excluding tert-OH is 1. The molecular formula is C25H28BrNO5. The second-order valence-electron chi connectivity index (χ2n) is 9.24. The lowest BCUT2D eigenvalue weighted by Crippen LogP contribution is -2.34. The van der Waals surface area contributed by atoms with Crippen LogP contribution in [0, 0.1) is 0 Å². The van der Waals surface area contributed by atoms with E-state index in [9.17, 15) is 15.0 Å². The van der Waals surface area contributed by atoms with Gasteiger partial charge in [-0.05, 0) is 49.7 Å². The Morgan fingerprint density at radius 1 is 1.19 bits per heavy atom. The Labute approximate surface area is 195 Å². The molecule has 0 saturated carbocycles. The van der Waals surface area contributed by atoms with Crippen molar-refractivity contribution < 1.29 is 24.5 Å². The minimum Gasteiger partial charge on any atom is -0.491 e. The smallest absolute Gasteiger partial charge is 0.195 e. The van der Waals surface area contributed by atoms with Crippen LogP contribution in [0.1, 0.15) is 61.3 Å². The molecule has 1 aromatic heterocycles. The molecule has 0 aliphatic heterocycles. The van der Waals surface area contributed by atoms with Crippen molar-refractivity contribution in [2.24, 2.45) is 0 Å². The highest BCUT2D eigenvalue weighted by atomic mass is 79.9. The molecule has 3 N–H and O–H groups in total. The lowest BCUT2D eigenvalue weighted by atomic mass is 9.71. The highest BCUT2D eigenvalue weighted by Gasteiger charge is 2.39. The van der Waals surface area contributed by atoms with Crippen molar-refractivity contribution in [2.75, 3.05) is 13.2 Å². The molecule has 0 amide bonds. The Hall–Kier alpha value is -2.19. The van der Waals surface area contributed by atoms with E-state index in [0.29, 0.717) is 17.7 Å². The summed E-state index contributed by atoms with van der Waals surface area (Å²) in [5.74, 6) is -0.721. The summed E-state index contributed by atoms with van der Waals surface area (Å²) in [6, 6.07) is 11.4. The van der Waals surface area contributed by atoms with Crippen LogP contribution in [-0.4, -0.2) is 46.1 Å². The Kier molecular flexibility index (Phi) is 5.96. The number of fused-ring (bicyclic) bond motifs is 4. The maximum Gasteiger partial charge on any atom is 0.195 e. The summed E-state index contributed by atoms with van der Waals surface area (Å²) >= 11 is 3.50. The third kappa shape index (κ3) is 4.22. The number of nitrogens with one attached hydrogen (secondary N) is 1. The van der Waals surface area contributed by atoms with Crippen LogP contribution in [0.2, 0.25) is 0 Å². The third-order valence-corrected chi connectivity index (χ3v) is 6.36. The topological polar surface area (TPSA) is 91.8 Å². The van der Waals surface area contributed by atoms with E-state index in [1.807, 2.05) is 30.3 Å². The van der Waals surface area contributed by atoms with Gasteiger partial charge in [0.25, 0.3) is 0 Å². The fourth-order valence-electron chi connectivity index (χ4n) is 4.39. The van der Waals surface area contributed by atoms with Gasteiger partial charge in [-0.15, -0.1) is 0 Å². The number of H-pyrrole nitrogens is 1. The molecule has 1 aliphatic carbocycles. The van der Waals surface area contributed by atoms with E-state index >= 15 is 0 Å². The minimum absolute atomic E-state index is 0.00188. The largest absolute Gasteiger partial charge is 0.491 e. The first-order valence-corrected chi connectivity index (χ1v) is 11.5. The van der Waals surface area contributed by atoms with Gasteiger partial charge in [0, 0.05) is 45.1 Å². The Morgan fingerprint density at radius 2 is 1.94 bits per heavy atom. The van der Waals surface area contributed by atoms with Crippen LogP contribution in [0.4, 0.5) is 0 Å². The van der Waals surface area contributed by atoms with Gasteiger partial charge in [-0.2, -0.15) is 0 Å². The first-order valence-electron chi connectivity index (χ1n) is 10.7. The van der Waals surface area contributed by atoms with Crippen LogP contribution in [0.5, 0.6) is 5.75 Å². The average Bonchev–Trinajstić information content (AvgIpc) is 3.09. The van der Waals surface area contributed by atoms with Gasteiger partial charge >= 0.3 is 0 Å². The predicted molar refractivity (Wildman–Crippen MR) is 126 cm³/mol. The highest BCUT2D eigenvalue weighted by Crippen LogP contribution is 2.44. The maximum atomic E-state index is 13.4. The molecule has 0 spiro atoms. The SMILES string of the molecule is CC(C)(O)O[C@@H](CCO)COc1ccc2c(c1)C(C)(C)c1[nH]c3cc(Br)ccc3c1C2=O. The number of hydrogen-bond donors (Lipinski definition) is 3. The molecule has 1 heterocycles. The molecule has 0 radical (unpaired) electrons. The number of hydrogen-bond acceptors (Lipinski definition) is 5. The van der Waals surface area contributed by atoms with E-state index in [1.54, 1.807) is 19.9 Å². The number of aromatic amines is 1.